The molecule has 0 fully saturated rings. The van der Waals surface area contributed by atoms with E-state index in [4.69, 9.17) is 10.5 Å². The zero-order chi connectivity index (χ0) is 10.7. The second-order valence-electron chi connectivity index (χ2n) is 2.95. The van der Waals surface area contributed by atoms with E-state index in [9.17, 15) is 5.11 Å². The van der Waals surface area contributed by atoms with Crippen molar-refractivity contribution in [3.05, 3.63) is 36.7 Å². The smallest absolute Gasteiger partial charge is 0.159 e. The third-order valence-corrected chi connectivity index (χ3v) is 1.90. The lowest BCUT2D eigenvalue weighted by molar-refractivity contribution is 0.329. The Bertz CT molecular complexity index is 453. The summed E-state index contributed by atoms with van der Waals surface area (Å²) in [7, 11) is 0. The molecule has 0 unspecified atom stereocenters. The molecule has 5 nitrogen and oxygen atoms in total. The molecule has 15 heavy (non-hydrogen) atoms. The van der Waals surface area contributed by atoms with Gasteiger partial charge in [-0.1, -0.05) is 6.07 Å². The number of aromatic hydroxyl groups is 1. The van der Waals surface area contributed by atoms with Crippen LogP contribution >= 0.6 is 0 Å². The molecular formula is C10H11N3O2. The van der Waals surface area contributed by atoms with Crippen molar-refractivity contribution in [3.8, 4) is 17.2 Å². The molecule has 2 aromatic rings. The molecule has 0 saturated carbocycles. The number of aromatic nitrogens is 2. The van der Waals surface area contributed by atoms with Crippen LogP contribution in [0.4, 0.5) is 0 Å². The lowest BCUT2D eigenvalue weighted by Crippen LogP contribution is -2.06. The summed E-state index contributed by atoms with van der Waals surface area (Å²) in [5.74, 6) is 0.796. The third kappa shape index (κ3) is 2.08. The molecule has 0 amide bonds. The highest BCUT2D eigenvalue weighted by atomic mass is 16.5. The van der Waals surface area contributed by atoms with Gasteiger partial charge in [0.15, 0.2) is 5.75 Å². The SMILES string of the molecule is NCOc1cnn(-c2cccc(O)c2)c1. The minimum atomic E-state index is 0.117. The largest absolute Gasteiger partial charge is 0.508 e. The molecule has 0 bridgehead atoms. The second kappa shape index (κ2) is 4.02. The Balaban J connectivity index is 2.29. The zero-order valence-corrected chi connectivity index (χ0v) is 8.00. The summed E-state index contributed by atoms with van der Waals surface area (Å²) < 4.78 is 6.67. The summed E-state index contributed by atoms with van der Waals surface area (Å²) in [5.41, 5.74) is 6.00. The van der Waals surface area contributed by atoms with Crippen LogP contribution in [-0.2, 0) is 0 Å². The fraction of sp³-hybridized carbons (Fsp3) is 0.100. The first-order valence-electron chi connectivity index (χ1n) is 4.46. The quantitative estimate of drug-likeness (QED) is 0.729. The summed E-state index contributed by atoms with van der Waals surface area (Å²) >= 11 is 0. The number of hydrogen-bond acceptors (Lipinski definition) is 4. The number of benzene rings is 1. The fourth-order valence-electron chi connectivity index (χ4n) is 1.25. The predicted octanol–water partition coefficient (Wildman–Crippen LogP) is 0.873. The van der Waals surface area contributed by atoms with Gasteiger partial charge in [0, 0.05) is 6.07 Å². The van der Waals surface area contributed by atoms with E-state index in [0.717, 1.165) is 5.69 Å². The van der Waals surface area contributed by atoms with Crippen LogP contribution in [0.5, 0.6) is 11.5 Å². The van der Waals surface area contributed by atoms with E-state index in [-0.39, 0.29) is 12.5 Å². The van der Waals surface area contributed by atoms with Gasteiger partial charge in [-0.2, -0.15) is 5.10 Å². The van der Waals surface area contributed by atoms with Crippen LogP contribution < -0.4 is 10.5 Å². The van der Waals surface area contributed by atoms with Crippen LogP contribution in [0.25, 0.3) is 5.69 Å². The Kier molecular flexibility index (Phi) is 2.55. The average Bonchev–Trinajstić information content (AvgIpc) is 2.67. The Labute approximate surface area is 86.7 Å². The maximum Gasteiger partial charge on any atom is 0.159 e. The van der Waals surface area contributed by atoms with E-state index >= 15 is 0 Å². The number of phenolic OH excluding ortho intramolecular Hbond substituents is 1. The molecule has 0 radical (unpaired) electrons. The first-order chi connectivity index (χ1) is 7.29. The van der Waals surface area contributed by atoms with Crippen molar-refractivity contribution in [3.63, 3.8) is 0 Å². The molecular weight excluding hydrogens is 194 g/mol. The van der Waals surface area contributed by atoms with E-state index in [1.807, 2.05) is 6.07 Å². The highest BCUT2D eigenvalue weighted by molar-refractivity contribution is 5.38. The third-order valence-electron chi connectivity index (χ3n) is 1.90. The molecule has 1 heterocycles. The van der Waals surface area contributed by atoms with Gasteiger partial charge in [0.1, 0.15) is 12.5 Å². The van der Waals surface area contributed by atoms with Crippen molar-refractivity contribution >= 4 is 0 Å². The van der Waals surface area contributed by atoms with Gasteiger partial charge in [0.05, 0.1) is 18.1 Å². The normalized spacial score (nSPS) is 10.2. The summed E-state index contributed by atoms with van der Waals surface area (Å²) in [5, 5.41) is 13.4. The fourth-order valence-corrected chi connectivity index (χ4v) is 1.25. The molecule has 1 aromatic carbocycles. The highest BCUT2D eigenvalue weighted by Gasteiger charge is 2.01. The molecule has 0 spiro atoms. The maximum atomic E-state index is 9.29. The van der Waals surface area contributed by atoms with Crippen molar-refractivity contribution in [2.24, 2.45) is 5.73 Å². The first kappa shape index (κ1) is 9.54. The van der Waals surface area contributed by atoms with Gasteiger partial charge in [0.25, 0.3) is 0 Å². The number of rotatable bonds is 3. The van der Waals surface area contributed by atoms with Crippen LogP contribution in [0, 0.1) is 0 Å². The van der Waals surface area contributed by atoms with E-state index in [1.165, 1.54) is 0 Å². The van der Waals surface area contributed by atoms with Crippen molar-refractivity contribution in [1.29, 1.82) is 0 Å². The van der Waals surface area contributed by atoms with E-state index < -0.39 is 0 Å². The van der Waals surface area contributed by atoms with Gasteiger partial charge in [0.2, 0.25) is 0 Å². The first-order valence-corrected chi connectivity index (χ1v) is 4.46. The van der Waals surface area contributed by atoms with Gasteiger partial charge in [-0.3, -0.25) is 5.73 Å². The molecule has 0 aliphatic carbocycles. The molecule has 0 aliphatic rings. The lowest BCUT2D eigenvalue weighted by atomic mass is 10.3. The number of ether oxygens (including phenoxy) is 1. The molecule has 78 valence electrons. The Morgan fingerprint density at radius 3 is 3.07 bits per heavy atom. The highest BCUT2D eigenvalue weighted by Crippen LogP contribution is 2.17. The number of nitrogens with zero attached hydrogens (tertiary/aromatic N) is 2. The van der Waals surface area contributed by atoms with Crippen molar-refractivity contribution < 1.29 is 9.84 Å². The van der Waals surface area contributed by atoms with Crippen molar-refractivity contribution in [1.82, 2.24) is 9.78 Å². The van der Waals surface area contributed by atoms with Crippen LogP contribution in [0.1, 0.15) is 0 Å². The number of phenols is 1. The Hall–Kier alpha value is -2.01. The predicted molar refractivity (Wildman–Crippen MR) is 54.9 cm³/mol. The number of hydrogen-bond donors (Lipinski definition) is 2. The molecule has 5 heteroatoms. The Morgan fingerprint density at radius 2 is 2.33 bits per heavy atom. The average molecular weight is 205 g/mol. The van der Waals surface area contributed by atoms with Crippen molar-refractivity contribution in [2.45, 2.75) is 0 Å². The second-order valence-corrected chi connectivity index (χ2v) is 2.95. The summed E-state index contributed by atoms with van der Waals surface area (Å²) in [6.45, 7) is 0.117. The zero-order valence-electron chi connectivity index (χ0n) is 8.00. The van der Waals surface area contributed by atoms with Crippen LogP contribution in [-0.4, -0.2) is 21.6 Å². The van der Waals surface area contributed by atoms with E-state index in [1.54, 1.807) is 35.3 Å². The van der Waals surface area contributed by atoms with Crippen LogP contribution in [0.3, 0.4) is 0 Å². The minimum absolute atomic E-state index is 0.117. The van der Waals surface area contributed by atoms with E-state index in [2.05, 4.69) is 5.10 Å². The van der Waals surface area contributed by atoms with Gasteiger partial charge >= 0.3 is 0 Å². The van der Waals surface area contributed by atoms with Gasteiger partial charge in [-0.25, -0.2) is 4.68 Å². The molecule has 0 atom stereocenters. The summed E-state index contributed by atoms with van der Waals surface area (Å²) in [4.78, 5) is 0. The van der Waals surface area contributed by atoms with Crippen LogP contribution in [0.2, 0.25) is 0 Å². The van der Waals surface area contributed by atoms with Gasteiger partial charge in [-0.05, 0) is 12.1 Å². The standard InChI is InChI=1S/C10H11N3O2/c11-7-15-10-5-12-13(6-10)8-2-1-3-9(14)4-8/h1-6,14H,7,11H2. The maximum absolute atomic E-state index is 9.29. The van der Waals surface area contributed by atoms with Crippen molar-refractivity contribution in [2.75, 3.05) is 6.73 Å². The van der Waals surface area contributed by atoms with Crippen LogP contribution in [0.15, 0.2) is 36.7 Å². The minimum Gasteiger partial charge on any atom is -0.508 e. The number of nitrogens with two attached hydrogens (primary N) is 1. The summed E-state index contributed by atoms with van der Waals surface area (Å²) in [6.07, 6.45) is 3.26. The molecule has 0 saturated heterocycles. The lowest BCUT2D eigenvalue weighted by Gasteiger charge is -2.00. The summed E-state index contributed by atoms with van der Waals surface area (Å²) in [6, 6.07) is 6.79. The monoisotopic (exact) mass is 205 g/mol. The molecule has 1 aromatic heterocycles. The topological polar surface area (TPSA) is 73.3 Å². The van der Waals surface area contributed by atoms with E-state index in [0.29, 0.717) is 5.75 Å². The molecule has 0 aliphatic heterocycles. The molecule has 2 rings (SSSR count). The molecule has 3 N–H and O–H groups in total. The van der Waals surface area contributed by atoms with Gasteiger partial charge < -0.3 is 9.84 Å². The Morgan fingerprint density at radius 1 is 1.47 bits per heavy atom. The van der Waals surface area contributed by atoms with Gasteiger partial charge in [-0.15, -0.1) is 0 Å².